The minimum Gasteiger partial charge on any atom is -0.508 e. The minimum atomic E-state index is -0.169. The predicted octanol–water partition coefficient (Wildman–Crippen LogP) is 3.31. The minimum absolute atomic E-state index is 0.169. The highest BCUT2D eigenvalue weighted by Crippen LogP contribution is 2.23. The summed E-state index contributed by atoms with van der Waals surface area (Å²) in [6.07, 6.45) is 0.697. The van der Waals surface area contributed by atoms with Gasteiger partial charge in [0.1, 0.15) is 11.6 Å². The Kier molecular flexibility index (Phi) is 3.86. The van der Waals surface area contributed by atoms with Crippen LogP contribution in [0.3, 0.4) is 0 Å². The molecule has 1 heterocycles. The monoisotopic (exact) mass is 295 g/mol. The normalized spacial score (nSPS) is 12.7. The number of nitrogens with two attached hydrogens (primary N) is 1. The number of hydrogen-bond acceptors (Lipinski definition) is 3. The first-order chi connectivity index (χ1) is 10.6. The third-order valence-corrected chi connectivity index (χ3v) is 3.97. The second-order valence-electron chi connectivity index (χ2n) is 5.68. The van der Waals surface area contributed by atoms with Gasteiger partial charge in [0.25, 0.3) is 0 Å². The van der Waals surface area contributed by atoms with E-state index in [0.717, 1.165) is 29.0 Å². The summed E-state index contributed by atoms with van der Waals surface area (Å²) in [5.41, 5.74) is 10.8. The van der Waals surface area contributed by atoms with Gasteiger partial charge in [-0.2, -0.15) is 0 Å². The number of nitrogens with zero attached hydrogens (tertiary/aromatic N) is 2. The average Bonchev–Trinajstić information content (AvgIpc) is 2.87. The van der Waals surface area contributed by atoms with E-state index < -0.39 is 0 Å². The van der Waals surface area contributed by atoms with Crippen molar-refractivity contribution in [1.82, 2.24) is 9.55 Å². The molecule has 114 valence electrons. The maximum atomic E-state index is 9.36. The van der Waals surface area contributed by atoms with Crippen molar-refractivity contribution in [3.8, 4) is 5.75 Å². The van der Waals surface area contributed by atoms with Gasteiger partial charge in [0.2, 0.25) is 0 Å². The first-order valence-corrected chi connectivity index (χ1v) is 7.58. The van der Waals surface area contributed by atoms with E-state index in [2.05, 4.69) is 36.6 Å². The second-order valence-corrected chi connectivity index (χ2v) is 5.68. The SMILES string of the molecule is CCn1c(C(N)Cc2ccc(O)cc2)nc2cc(C)ccc21. The average molecular weight is 295 g/mol. The molecule has 0 radical (unpaired) electrons. The van der Waals surface area contributed by atoms with Crippen molar-refractivity contribution in [2.45, 2.75) is 32.9 Å². The molecular weight excluding hydrogens is 274 g/mol. The fourth-order valence-electron chi connectivity index (χ4n) is 2.85. The molecular formula is C18H21N3O. The molecule has 1 aromatic heterocycles. The molecule has 0 amide bonds. The molecule has 4 heteroatoms. The zero-order valence-corrected chi connectivity index (χ0v) is 13.0. The fourth-order valence-corrected chi connectivity index (χ4v) is 2.85. The van der Waals surface area contributed by atoms with Crippen LogP contribution in [0, 0.1) is 6.92 Å². The molecule has 0 aliphatic rings. The third-order valence-electron chi connectivity index (χ3n) is 3.97. The van der Waals surface area contributed by atoms with Gasteiger partial charge in [-0.05, 0) is 55.7 Å². The van der Waals surface area contributed by atoms with Gasteiger partial charge in [0.05, 0.1) is 17.1 Å². The lowest BCUT2D eigenvalue weighted by atomic mass is 10.1. The first-order valence-electron chi connectivity index (χ1n) is 7.58. The highest BCUT2D eigenvalue weighted by molar-refractivity contribution is 5.77. The van der Waals surface area contributed by atoms with Crippen molar-refractivity contribution < 1.29 is 5.11 Å². The van der Waals surface area contributed by atoms with Crippen molar-refractivity contribution in [3.05, 3.63) is 59.4 Å². The van der Waals surface area contributed by atoms with Crippen LogP contribution in [-0.4, -0.2) is 14.7 Å². The van der Waals surface area contributed by atoms with Crippen LogP contribution in [0.5, 0.6) is 5.75 Å². The molecule has 0 aliphatic heterocycles. The van der Waals surface area contributed by atoms with Crippen LogP contribution < -0.4 is 5.73 Å². The molecule has 0 saturated carbocycles. The number of imidazole rings is 1. The number of phenolic OH excluding ortho intramolecular Hbond substituents is 1. The Morgan fingerprint density at radius 3 is 2.59 bits per heavy atom. The van der Waals surface area contributed by atoms with Gasteiger partial charge >= 0.3 is 0 Å². The standard InChI is InChI=1S/C18H21N3O/c1-3-21-17-9-4-12(2)10-16(17)20-18(21)15(19)11-13-5-7-14(22)8-6-13/h4-10,15,22H,3,11,19H2,1-2H3. The second kappa shape index (κ2) is 5.81. The number of fused-ring (bicyclic) bond motifs is 1. The lowest BCUT2D eigenvalue weighted by molar-refractivity contribution is 0.475. The number of benzene rings is 2. The van der Waals surface area contributed by atoms with Gasteiger partial charge in [-0.3, -0.25) is 0 Å². The van der Waals surface area contributed by atoms with E-state index in [1.54, 1.807) is 12.1 Å². The van der Waals surface area contributed by atoms with Crippen LogP contribution in [0.2, 0.25) is 0 Å². The molecule has 0 aliphatic carbocycles. The van der Waals surface area contributed by atoms with Gasteiger partial charge in [-0.15, -0.1) is 0 Å². The molecule has 1 unspecified atom stereocenters. The Bertz CT molecular complexity index is 790. The first kappa shape index (κ1) is 14.6. The van der Waals surface area contributed by atoms with E-state index in [0.29, 0.717) is 6.42 Å². The van der Waals surface area contributed by atoms with Crippen LogP contribution in [-0.2, 0) is 13.0 Å². The summed E-state index contributed by atoms with van der Waals surface area (Å²) in [6, 6.07) is 13.3. The summed E-state index contributed by atoms with van der Waals surface area (Å²) < 4.78 is 2.18. The quantitative estimate of drug-likeness (QED) is 0.776. The van der Waals surface area contributed by atoms with Gasteiger partial charge in [-0.25, -0.2) is 4.98 Å². The van der Waals surface area contributed by atoms with Crippen molar-refractivity contribution in [1.29, 1.82) is 0 Å². The Labute approximate surface area is 130 Å². The summed E-state index contributed by atoms with van der Waals surface area (Å²) in [4.78, 5) is 4.75. The summed E-state index contributed by atoms with van der Waals surface area (Å²) >= 11 is 0. The molecule has 0 fully saturated rings. The van der Waals surface area contributed by atoms with E-state index in [-0.39, 0.29) is 11.8 Å². The van der Waals surface area contributed by atoms with E-state index >= 15 is 0 Å². The van der Waals surface area contributed by atoms with Crippen LogP contribution >= 0.6 is 0 Å². The van der Waals surface area contributed by atoms with Crippen LogP contribution in [0.4, 0.5) is 0 Å². The zero-order chi connectivity index (χ0) is 15.7. The highest BCUT2D eigenvalue weighted by atomic mass is 16.3. The van der Waals surface area contributed by atoms with Crippen molar-refractivity contribution in [2.75, 3.05) is 0 Å². The molecule has 0 spiro atoms. The molecule has 3 aromatic rings. The molecule has 3 rings (SSSR count). The fraction of sp³-hybridized carbons (Fsp3) is 0.278. The van der Waals surface area contributed by atoms with Crippen molar-refractivity contribution in [3.63, 3.8) is 0 Å². The highest BCUT2D eigenvalue weighted by Gasteiger charge is 2.16. The molecule has 3 N–H and O–H groups in total. The predicted molar refractivity (Wildman–Crippen MR) is 88.9 cm³/mol. The number of phenols is 1. The number of aromatic nitrogens is 2. The van der Waals surface area contributed by atoms with E-state index in [4.69, 9.17) is 10.7 Å². The topological polar surface area (TPSA) is 64.1 Å². The van der Waals surface area contributed by atoms with Crippen molar-refractivity contribution >= 4 is 11.0 Å². The van der Waals surface area contributed by atoms with E-state index in [1.807, 2.05) is 12.1 Å². The van der Waals surface area contributed by atoms with Crippen LogP contribution in [0.1, 0.15) is 29.9 Å². The molecule has 4 nitrogen and oxygen atoms in total. The Balaban J connectivity index is 1.95. The lowest BCUT2D eigenvalue weighted by Crippen LogP contribution is -2.18. The summed E-state index contributed by atoms with van der Waals surface area (Å²) in [5.74, 6) is 1.18. The van der Waals surface area contributed by atoms with E-state index in [1.165, 1.54) is 5.56 Å². The summed E-state index contributed by atoms with van der Waals surface area (Å²) in [6.45, 7) is 5.02. The Morgan fingerprint density at radius 2 is 1.91 bits per heavy atom. The zero-order valence-electron chi connectivity index (χ0n) is 13.0. The van der Waals surface area contributed by atoms with Crippen LogP contribution in [0.25, 0.3) is 11.0 Å². The summed E-state index contributed by atoms with van der Waals surface area (Å²) in [7, 11) is 0. The van der Waals surface area contributed by atoms with Gasteiger partial charge < -0.3 is 15.4 Å². The molecule has 0 saturated heterocycles. The summed E-state index contributed by atoms with van der Waals surface area (Å²) in [5, 5.41) is 9.36. The third kappa shape index (κ3) is 2.70. The number of hydrogen-bond donors (Lipinski definition) is 2. The molecule has 22 heavy (non-hydrogen) atoms. The molecule has 2 aromatic carbocycles. The lowest BCUT2D eigenvalue weighted by Gasteiger charge is -2.13. The Hall–Kier alpha value is -2.33. The van der Waals surface area contributed by atoms with Gasteiger partial charge in [-0.1, -0.05) is 18.2 Å². The van der Waals surface area contributed by atoms with Gasteiger partial charge in [0.15, 0.2) is 0 Å². The number of aryl methyl sites for hydroxylation is 2. The Morgan fingerprint density at radius 1 is 1.18 bits per heavy atom. The maximum Gasteiger partial charge on any atom is 0.127 e. The maximum absolute atomic E-state index is 9.36. The molecule has 1 atom stereocenters. The van der Waals surface area contributed by atoms with Gasteiger partial charge in [0, 0.05) is 6.54 Å². The molecule has 0 bridgehead atoms. The van der Waals surface area contributed by atoms with E-state index in [9.17, 15) is 5.11 Å². The number of aromatic hydroxyl groups is 1. The van der Waals surface area contributed by atoms with Crippen LogP contribution in [0.15, 0.2) is 42.5 Å². The smallest absolute Gasteiger partial charge is 0.127 e. The number of rotatable bonds is 4. The van der Waals surface area contributed by atoms with Crippen molar-refractivity contribution in [2.24, 2.45) is 5.73 Å². The largest absolute Gasteiger partial charge is 0.508 e.